The Morgan fingerprint density at radius 2 is 1.78 bits per heavy atom. The van der Waals surface area contributed by atoms with Crippen molar-refractivity contribution in [1.29, 1.82) is 0 Å². The number of hydrogen-bond acceptors (Lipinski definition) is 7. The molecule has 0 radical (unpaired) electrons. The second kappa shape index (κ2) is 9.48. The predicted octanol–water partition coefficient (Wildman–Crippen LogP) is 2.60. The van der Waals surface area contributed by atoms with Gasteiger partial charge in [-0.3, -0.25) is 14.2 Å². The molecule has 1 aromatic heterocycles. The first-order chi connectivity index (χ1) is 17.8. The molecule has 0 saturated heterocycles. The number of allylic oxidation sites excluding steroid dienone is 1. The number of likely N-dealkylation sites (N-methyl/N-ethyl adjacent to an activating group) is 1. The zero-order valence-corrected chi connectivity index (χ0v) is 22.3. The smallest absolute Gasteiger partial charge is 0.338 e. The average Bonchev–Trinajstić information content (AvgIpc) is 3.35. The van der Waals surface area contributed by atoms with E-state index in [2.05, 4.69) is 4.99 Å². The van der Waals surface area contributed by atoms with Crippen molar-refractivity contribution < 1.29 is 14.3 Å². The number of thiazole rings is 1. The second-order valence-electron chi connectivity index (χ2n) is 9.05. The van der Waals surface area contributed by atoms with Crippen molar-refractivity contribution in [1.82, 2.24) is 4.57 Å². The molecule has 1 atom stereocenters. The molecule has 0 N–H and O–H groups in total. The molecule has 2 aliphatic heterocycles. The topological polar surface area (TPSA) is 84.2 Å². The second-order valence-corrected chi connectivity index (χ2v) is 10.0. The molecule has 0 fully saturated rings. The van der Waals surface area contributed by atoms with Crippen LogP contribution in [0.3, 0.4) is 0 Å². The number of para-hydroxylation sites is 1. The molecule has 3 aromatic rings. The minimum absolute atomic E-state index is 0.203. The maximum atomic E-state index is 14.1. The summed E-state index contributed by atoms with van der Waals surface area (Å²) in [5.41, 5.74) is 4.10. The van der Waals surface area contributed by atoms with Crippen molar-refractivity contribution in [3.63, 3.8) is 0 Å². The van der Waals surface area contributed by atoms with E-state index in [9.17, 15) is 14.4 Å². The van der Waals surface area contributed by atoms with E-state index in [1.165, 1.54) is 15.9 Å². The highest BCUT2D eigenvalue weighted by Crippen LogP contribution is 2.35. The molecule has 1 amide bonds. The first-order valence-corrected chi connectivity index (χ1v) is 13.0. The zero-order valence-electron chi connectivity index (χ0n) is 21.4. The number of aromatic nitrogens is 1. The van der Waals surface area contributed by atoms with Gasteiger partial charge in [0, 0.05) is 31.9 Å². The third-order valence-corrected chi connectivity index (χ3v) is 7.74. The van der Waals surface area contributed by atoms with Gasteiger partial charge >= 0.3 is 5.97 Å². The van der Waals surface area contributed by atoms with Crippen molar-refractivity contribution >= 4 is 40.2 Å². The number of rotatable bonds is 5. The third-order valence-electron chi connectivity index (χ3n) is 6.68. The van der Waals surface area contributed by atoms with E-state index in [1.54, 1.807) is 18.7 Å². The Labute approximate surface area is 218 Å². The summed E-state index contributed by atoms with van der Waals surface area (Å²) >= 11 is 1.18. The summed E-state index contributed by atoms with van der Waals surface area (Å²) < 4.78 is 7.22. The van der Waals surface area contributed by atoms with Crippen LogP contribution >= 0.6 is 11.3 Å². The number of fused-ring (bicyclic) bond motifs is 2. The number of amides is 1. The van der Waals surface area contributed by atoms with Crippen LogP contribution in [0.4, 0.5) is 11.4 Å². The Hall–Kier alpha value is -3.98. The van der Waals surface area contributed by atoms with E-state index in [4.69, 9.17) is 4.74 Å². The molecule has 8 nitrogen and oxygen atoms in total. The number of anilines is 2. The molecule has 2 aliphatic rings. The summed E-state index contributed by atoms with van der Waals surface area (Å²) in [7, 11) is 3.90. The first kappa shape index (κ1) is 24.7. The van der Waals surface area contributed by atoms with Crippen LogP contribution in [0.2, 0.25) is 0 Å². The first-order valence-electron chi connectivity index (χ1n) is 12.2. The van der Waals surface area contributed by atoms with E-state index in [0.717, 1.165) is 22.5 Å². The molecule has 0 saturated carbocycles. The molecule has 0 aliphatic carbocycles. The average molecular weight is 517 g/mol. The van der Waals surface area contributed by atoms with Gasteiger partial charge in [-0.15, -0.1) is 0 Å². The highest BCUT2D eigenvalue weighted by atomic mass is 32.1. The molecule has 2 aromatic carbocycles. The summed E-state index contributed by atoms with van der Waals surface area (Å²) in [5, 5.41) is 0. The Kier molecular flexibility index (Phi) is 6.33. The minimum Gasteiger partial charge on any atom is -0.463 e. The standard InChI is InChI=1S/C28H28N4O4S/c1-6-31-20-11-9-8-10-19(20)22(25(31)33)24-26(34)32-23(17-12-14-18(15-13-17)30(4)5)21(27(35)36-7-2)16(3)29-28(32)37-24/h8-15,23H,6-7H2,1-5H3/b24-22+/t23-/m1/s1. The summed E-state index contributed by atoms with van der Waals surface area (Å²) in [6, 6.07) is 14.5. The Morgan fingerprint density at radius 1 is 1.08 bits per heavy atom. The molecule has 190 valence electrons. The van der Waals surface area contributed by atoms with Gasteiger partial charge in [-0.05, 0) is 44.5 Å². The molecule has 0 bridgehead atoms. The molecule has 0 spiro atoms. The lowest BCUT2D eigenvalue weighted by Crippen LogP contribution is -2.41. The van der Waals surface area contributed by atoms with Gasteiger partial charge < -0.3 is 14.5 Å². The summed E-state index contributed by atoms with van der Waals surface area (Å²) in [6.07, 6.45) is 0. The SMILES string of the molecule is CCOC(=O)C1=C(C)N=c2s/c(=C3/C(=O)N(CC)c4ccccc43)c(=O)n2[C@@H]1c1ccc(N(C)C)cc1. The van der Waals surface area contributed by atoms with Crippen molar-refractivity contribution in [2.45, 2.75) is 26.8 Å². The quantitative estimate of drug-likeness (QED) is 0.487. The van der Waals surface area contributed by atoms with Crippen molar-refractivity contribution in [2.24, 2.45) is 4.99 Å². The maximum absolute atomic E-state index is 14.1. The van der Waals surface area contributed by atoms with Gasteiger partial charge in [-0.2, -0.15) is 0 Å². The van der Waals surface area contributed by atoms with Gasteiger partial charge in [-0.1, -0.05) is 41.7 Å². The normalized spacial score (nSPS) is 17.9. The van der Waals surface area contributed by atoms with Crippen LogP contribution in [0.5, 0.6) is 0 Å². The summed E-state index contributed by atoms with van der Waals surface area (Å²) in [4.78, 5) is 49.4. The van der Waals surface area contributed by atoms with E-state index >= 15 is 0 Å². The summed E-state index contributed by atoms with van der Waals surface area (Å²) in [6.45, 7) is 6.10. The number of hydrogen-bond donors (Lipinski definition) is 0. The van der Waals surface area contributed by atoms with Gasteiger partial charge in [0.2, 0.25) is 0 Å². The van der Waals surface area contributed by atoms with Gasteiger partial charge in [0.25, 0.3) is 11.5 Å². The van der Waals surface area contributed by atoms with Crippen LogP contribution in [0.25, 0.3) is 5.57 Å². The minimum atomic E-state index is -0.727. The number of benzene rings is 2. The van der Waals surface area contributed by atoms with Crippen LogP contribution in [0, 0.1) is 0 Å². The fraction of sp³-hybridized carbons (Fsp3) is 0.286. The van der Waals surface area contributed by atoms with Crippen LogP contribution in [0.15, 0.2) is 69.6 Å². The fourth-order valence-corrected chi connectivity index (χ4v) is 6.06. The van der Waals surface area contributed by atoms with E-state index in [0.29, 0.717) is 32.7 Å². The molecular formula is C28H28N4O4S. The molecule has 9 heteroatoms. The Bertz CT molecular complexity index is 1630. The van der Waals surface area contributed by atoms with Crippen LogP contribution in [-0.4, -0.2) is 43.7 Å². The van der Waals surface area contributed by atoms with Crippen molar-refractivity contribution in [3.05, 3.63) is 90.6 Å². The van der Waals surface area contributed by atoms with Crippen LogP contribution in [0.1, 0.15) is 37.9 Å². The zero-order chi connectivity index (χ0) is 26.4. The number of nitrogens with zero attached hydrogens (tertiary/aromatic N) is 4. The van der Waals surface area contributed by atoms with Gasteiger partial charge in [-0.25, -0.2) is 9.79 Å². The van der Waals surface area contributed by atoms with E-state index in [1.807, 2.05) is 74.4 Å². The number of carbonyl (C=O) groups excluding carboxylic acids is 2. The largest absolute Gasteiger partial charge is 0.463 e. The van der Waals surface area contributed by atoms with Crippen molar-refractivity contribution in [2.75, 3.05) is 37.0 Å². The van der Waals surface area contributed by atoms with Crippen LogP contribution < -0.4 is 24.7 Å². The molecule has 37 heavy (non-hydrogen) atoms. The molecule has 3 heterocycles. The maximum Gasteiger partial charge on any atom is 0.338 e. The van der Waals surface area contributed by atoms with Crippen LogP contribution in [-0.2, 0) is 14.3 Å². The van der Waals surface area contributed by atoms with Gasteiger partial charge in [0.1, 0.15) is 4.53 Å². The summed E-state index contributed by atoms with van der Waals surface area (Å²) in [5.74, 6) is -0.718. The number of ether oxygens (including phenoxy) is 1. The fourth-order valence-electron chi connectivity index (χ4n) is 4.93. The lowest BCUT2D eigenvalue weighted by Gasteiger charge is -2.25. The lowest BCUT2D eigenvalue weighted by molar-refractivity contribution is -0.139. The van der Waals surface area contributed by atoms with E-state index in [-0.39, 0.29) is 18.1 Å². The third kappa shape index (κ3) is 3.90. The highest BCUT2D eigenvalue weighted by molar-refractivity contribution is 7.07. The Morgan fingerprint density at radius 3 is 2.43 bits per heavy atom. The van der Waals surface area contributed by atoms with Crippen molar-refractivity contribution in [3.8, 4) is 0 Å². The van der Waals surface area contributed by atoms with E-state index < -0.39 is 12.0 Å². The monoisotopic (exact) mass is 516 g/mol. The van der Waals surface area contributed by atoms with Gasteiger partial charge in [0.05, 0.1) is 35.2 Å². The predicted molar refractivity (Wildman–Crippen MR) is 145 cm³/mol. The number of esters is 1. The van der Waals surface area contributed by atoms with Gasteiger partial charge in [0.15, 0.2) is 4.80 Å². The lowest BCUT2D eigenvalue weighted by atomic mass is 9.95. The molecule has 0 unspecified atom stereocenters. The highest BCUT2D eigenvalue weighted by Gasteiger charge is 2.36. The Balaban J connectivity index is 1.80. The molecule has 5 rings (SSSR count). The number of carbonyl (C=O) groups is 2. The molecular weight excluding hydrogens is 488 g/mol.